The Balaban J connectivity index is 2.22. The van der Waals surface area contributed by atoms with E-state index in [4.69, 9.17) is 10.2 Å². The zero-order valence-corrected chi connectivity index (χ0v) is 14.7. The van der Waals surface area contributed by atoms with E-state index in [1.807, 2.05) is 12.1 Å². The lowest BCUT2D eigenvalue weighted by molar-refractivity contribution is 0.282. The van der Waals surface area contributed by atoms with Crippen molar-refractivity contribution in [1.29, 1.82) is 0 Å². The zero-order valence-electron chi connectivity index (χ0n) is 13.9. The van der Waals surface area contributed by atoms with Crippen LogP contribution in [0.25, 0.3) is 0 Å². The summed E-state index contributed by atoms with van der Waals surface area (Å²) in [5.41, 5.74) is 0.811. The molecule has 5 heteroatoms. The molecule has 0 bridgehead atoms. The molecule has 0 amide bonds. The third kappa shape index (κ3) is 7.95. The van der Waals surface area contributed by atoms with Crippen LogP contribution >= 0.6 is 0 Å². The van der Waals surface area contributed by atoms with Gasteiger partial charge in [-0.25, -0.2) is 8.42 Å². The van der Waals surface area contributed by atoms with Crippen LogP contribution in [0.4, 0.5) is 0 Å². The molecule has 0 fully saturated rings. The molecule has 0 aromatic heterocycles. The largest absolute Gasteiger partial charge is 0.396 e. The van der Waals surface area contributed by atoms with E-state index in [-0.39, 0.29) is 4.90 Å². The first-order chi connectivity index (χ1) is 11.1. The number of aliphatic hydroxyl groups excluding tert-OH is 2. The van der Waals surface area contributed by atoms with E-state index in [1.165, 1.54) is 32.1 Å². The summed E-state index contributed by atoms with van der Waals surface area (Å²) in [6.07, 6.45) is 10.9. The van der Waals surface area contributed by atoms with Crippen molar-refractivity contribution >= 4 is 9.84 Å². The third-order valence-corrected chi connectivity index (χ3v) is 5.49. The monoisotopic (exact) mass is 342 g/mol. The Morgan fingerprint density at radius 3 is 1.83 bits per heavy atom. The van der Waals surface area contributed by atoms with Crippen LogP contribution in [0.15, 0.2) is 29.2 Å². The molecule has 132 valence electrons. The molecule has 1 aromatic rings. The topological polar surface area (TPSA) is 74.6 Å². The maximum atomic E-state index is 11.8. The normalized spacial score (nSPS) is 11.7. The highest BCUT2D eigenvalue weighted by Crippen LogP contribution is 2.19. The average molecular weight is 343 g/mol. The number of benzene rings is 1. The van der Waals surface area contributed by atoms with Crippen molar-refractivity contribution in [2.24, 2.45) is 0 Å². The summed E-state index contributed by atoms with van der Waals surface area (Å²) in [7, 11) is -3.55. The Hall–Kier alpha value is -0.910. The number of rotatable bonds is 13. The summed E-state index contributed by atoms with van der Waals surface area (Å²) >= 11 is 0. The SMILES string of the molecule is O=S(=O)(CO)c1ccccc1CCCCCCCCCCCO. The van der Waals surface area contributed by atoms with Crippen molar-refractivity contribution in [3.63, 3.8) is 0 Å². The molecule has 2 N–H and O–H groups in total. The maximum Gasteiger partial charge on any atom is 0.202 e. The fourth-order valence-corrected chi connectivity index (χ4v) is 3.74. The Kier molecular flexibility index (Phi) is 10.2. The van der Waals surface area contributed by atoms with Crippen LogP contribution in [-0.2, 0) is 16.3 Å². The minimum Gasteiger partial charge on any atom is -0.396 e. The second-order valence-electron chi connectivity index (χ2n) is 6.01. The zero-order chi connectivity index (χ0) is 17.0. The summed E-state index contributed by atoms with van der Waals surface area (Å²) in [6, 6.07) is 6.96. The number of aryl methyl sites for hydroxylation is 1. The second kappa shape index (κ2) is 11.6. The Bertz CT molecular complexity index is 526. The van der Waals surface area contributed by atoms with E-state index in [0.29, 0.717) is 6.61 Å². The fourth-order valence-electron chi connectivity index (χ4n) is 2.75. The number of hydrogen-bond donors (Lipinski definition) is 2. The molecule has 4 nitrogen and oxygen atoms in total. The number of hydrogen-bond acceptors (Lipinski definition) is 4. The minimum atomic E-state index is -3.55. The van der Waals surface area contributed by atoms with Crippen molar-refractivity contribution < 1.29 is 18.6 Å². The summed E-state index contributed by atoms with van der Waals surface area (Å²) in [5.74, 6) is -0.833. The van der Waals surface area contributed by atoms with Crippen LogP contribution in [0.3, 0.4) is 0 Å². The lowest BCUT2D eigenvalue weighted by atomic mass is 10.0. The summed E-state index contributed by atoms with van der Waals surface area (Å²) in [4.78, 5) is 0.270. The first-order valence-electron chi connectivity index (χ1n) is 8.64. The van der Waals surface area contributed by atoms with Gasteiger partial charge in [0, 0.05) is 6.61 Å². The highest BCUT2D eigenvalue weighted by molar-refractivity contribution is 7.91. The standard InChI is InChI=1S/C18H30O4S/c19-15-11-7-5-3-1-2-4-6-8-12-17-13-9-10-14-18(17)23(21,22)16-20/h9-10,13-14,19-20H,1-8,11-12,15-16H2. The highest BCUT2D eigenvalue weighted by Gasteiger charge is 2.16. The van der Waals surface area contributed by atoms with E-state index in [1.54, 1.807) is 12.1 Å². The minimum absolute atomic E-state index is 0.270. The van der Waals surface area contributed by atoms with E-state index < -0.39 is 15.8 Å². The first kappa shape index (κ1) is 20.1. The van der Waals surface area contributed by atoms with Crippen LogP contribution in [0.2, 0.25) is 0 Å². The van der Waals surface area contributed by atoms with Gasteiger partial charge in [0.15, 0.2) is 0 Å². The summed E-state index contributed by atoms with van der Waals surface area (Å²) in [6.45, 7) is 0.299. The number of aliphatic hydroxyl groups is 2. The van der Waals surface area contributed by atoms with Crippen LogP contribution < -0.4 is 0 Å². The van der Waals surface area contributed by atoms with Crippen molar-refractivity contribution in [2.75, 3.05) is 12.5 Å². The molecule has 0 aliphatic rings. The summed E-state index contributed by atoms with van der Waals surface area (Å²) in [5, 5.41) is 17.7. The van der Waals surface area contributed by atoms with Crippen LogP contribution in [-0.4, -0.2) is 31.2 Å². The molecule has 0 saturated heterocycles. The van der Waals surface area contributed by atoms with Gasteiger partial charge in [-0.3, -0.25) is 0 Å². The van der Waals surface area contributed by atoms with E-state index >= 15 is 0 Å². The predicted octanol–water partition coefficient (Wildman–Crippen LogP) is 3.46. The first-order valence-corrected chi connectivity index (χ1v) is 10.3. The molecule has 0 aliphatic heterocycles. The van der Waals surface area contributed by atoms with Gasteiger partial charge < -0.3 is 10.2 Å². The quantitative estimate of drug-likeness (QED) is 0.538. The van der Waals surface area contributed by atoms with Gasteiger partial charge in [0.2, 0.25) is 9.84 Å². The molecule has 0 spiro atoms. The van der Waals surface area contributed by atoms with Crippen molar-refractivity contribution in [3.05, 3.63) is 29.8 Å². The Morgan fingerprint density at radius 1 is 0.739 bits per heavy atom. The predicted molar refractivity (Wildman–Crippen MR) is 93.1 cm³/mol. The maximum absolute atomic E-state index is 11.8. The lowest BCUT2D eigenvalue weighted by Gasteiger charge is -2.08. The summed E-state index contributed by atoms with van der Waals surface area (Å²) < 4.78 is 23.7. The molecular formula is C18H30O4S. The van der Waals surface area contributed by atoms with Crippen LogP contribution in [0.5, 0.6) is 0 Å². The van der Waals surface area contributed by atoms with Crippen molar-refractivity contribution in [2.45, 2.75) is 69.1 Å². The van der Waals surface area contributed by atoms with E-state index in [9.17, 15) is 8.42 Å². The molecule has 0 radical (unpaired) electrons. The van der Waals surface area contributed by atoms with Crippen molar-refractivity contribution in [3.8, 4) is 0 Å². The van der Waals surface area contributed by atoms with Gasteiger partial charge in [0.05, 0.1) is 4.90 Å². The van der Waals surface area contributed by atoms with Crippen LogP contribution in [0.1, 0.15) is 63.4 Å². The van der Waals surface area contributed by atoms with Gasteiger partial charge in [-0.2, -0.15) is 0 Å². The number of sulfone groups is 1. The number of unbranched alkanes of at least 4 members (excludes halogenated alkanes) is 8. The van der Waals surface area contributed by atoms with E-state index in [2.05, 4.69) is 0 Å². The average Bonchev–Trinajstić information content (AvgIpc) is 2.57. The van der Waals surface area contributed by atoms with Crippen LogP contribution in [0, 0.1) is 0 Å². The molecular weight excluding hydrogens is 312 g/mol. The van der Waals surface area contributed by atoms with Gasteiger partial charge in [-0.1, -0.05) is 63.1 Å². The molecule has 0 heterocycles. The van der Waals surface area contributed by atoms with Crippen molar-refractivity contribution in [1.82, 2.24) is 0 Å². The molecule has 0 unspecified atom stereocenters. The lowest BCUT2D eigenvalue weighted by Crippen LogP contribution is -2.08. The van der Waals surface area contributed by atoms with E-state index in [0.717, 1.165) is 37.7 Å². The molecule has 0 atom stereocenters. The van der Waals surface area contributed by atoms with Gasteiger partial charge in [0.25, 0.3) is 0 Å². The second-order valence-corrected chi connectivity index (χ2v) is 7.93. The van der Waals surface area contributed by atoms with Gasteiger partial charge in [-0.15, -0.1) is 0 Å². The molecule has 1 rings (SSSR count). The van der Waals surface area contributed by atoms with Gasteiger partial charge in [0.1, 0.15) is 5.94 Å². The molecule has 0 aliphatic carbocycles. The molecule has 1 aromatic carbocycles. The Morgan fingerprint density at radius 2 is 1.26 bits per heavy atom. The highest BCUT2D eigenvalue weighted by atomic mass is 32.2. The van der Waals surface area contributed by atoms with Gasteiger partial charge in [-0.05, 0) is 30.9 Å². The fraction of sp³-hybridized carbons (Fsp3) is 0.667. The molecule has 0 saturated carbocycles. The third-order valence-electron chi connectivity index (χ3n) is 4.08. The smallest absolute Gasteiger partial charge is 0.202 e. The Labute approximate surface area is 140 Å². The van der Waals surface area contributed by atoms with Gasteiger partial charge >= 0.3 is 0 Å². The molecule has 23 heavy (non-hydrogen) atoms.